The summed E-state index contributed by atoms with van der Waals surface area (Å²) in [6.07, 6.45) is 3.89. The first-order chi connectivity index (χ1) is 9.46. The number of nitrogens with two attached hydrogens (primary N) is 1. The molecule has 0 bridgehead atoms. The lowest BCUT2D eigenvalue weighted by atomic mass is 9.95. The molecule has 0 atom stereocenters. The summed E-state index contributed by atoms with van der Waals surface area (Å²) in [5.41, 5.74) is 9.10. The fraction of sp³-hybridized carbons (Fsp3) is 0.353. The van der Waals surface area contributed by atoms with Crippen LogP contribution in [0.15, 0.2) is 42.6 Å². The van der Waals surface area contributed by atoms with Crippen molar-refractivity contribution in [3.05, 3.63) is 53.7 Å². The molecule has 0 radical (unpaired) electrons. The quantitative estimate of drug-likeness (QED) is 0.868. The van der Waals surface area contributed by atoms with E-state index in [-0.39, 0.29) is 5.54 Å². The lowest BCUT2D eigenvalue weighted by Gasteiger charge is -2.27. The minimum absolute atomic E-state index is 0.0494. The van der Waals surface area contributed by atoms with Gasteiger partial charge in [-0.15, -0.1) is 0 Å². The molecule has 3 heteroatoms. The average molecular weight is 269 g/mol. The molecule has 2 rings (SSSR count). The smallest absolute Gasteiger partial charge is 0.149 e. The Balaban J connectivity index is 2.00. The zero-order valence-corrected chi connectivity index (χ0v) is 12.5. The third-order valence-electron chi connectivity index (χ3n) is 3.39. The highest BCUT2D eigenvalue weighted by Gasteiger charge is 2.19. The normalized spacial score (nSPS) is 11.3. The van der Waals surface area contributed by atoms with Gasteiger partial charge in [0.1, 0.15) is 5.82 Å². The summed E-state index contributed by atoms with van der Waals surface area (Å²) in [7, 11) is 0. The van der Waals surface area contributed by atoms with Crippen molar-refractivity contribution in [3.63, 3.8) is 0 Å². The topological polar surface area (TPSA) is 50.9 Å². The van der Waals surface area contributed by atoms with Gasteiger partial charge in [-0.25, -0.2) is 4.98 Å². The van der Waals surface area contributed by atoms with Crippen molar-refractivity contribution >= 4 is 11.5 Å². The summed E-state index contributed by atoms with van der Waals surface area (Å²) in [5, 5.41) is 3.45. The van der Waals surface area contributed by atoms with Gasteiger partial charge in [-0.2, -0.15) is 0 Å². The molecule has 0 amide bonds. The number of benzene rings is 1. The Morgan fingerprint density at radius 3 is 2.55 bits per heavy atom. The van der Waals surface area contributed by atoms with Crippen LogP contribution in [0.3, 0.4) is 0 Å². The van der Waals surface area contributed by atoms with Crippen molar-refractivity contribution in [1.82, 2.24) is 4.98 Å². The van der Waals surface area contributed by atoms with E-state index in [2.05, 4.69) is 48.4 Å². The van der Waals surface area contributed by atoms with Gasteiger partial charge in [-0.3, -0.25) is 0 Å². The molecule has 0 spiro atoms. The number of hydrogen-bond donors (Lipinski definition) is 2. The fourth-order valence-corrected chi connectivity index (χ4v) is 2.18. The second kappa shape index (κ2) is 5.95. The Hall–Kier alpha value is -2.03. The van der Waals surface area contributed by atoms with Gasteiger partial charge in [-0.05, 0) is 50.8 Å². The number of aryl methyl sites for hydroxylation is 2. The van der Waals surface area contributed by atoms with Crippen LogP contribution in [0.25, 0.3) is 0 Å². The van der Waals surface area contributed by atoms with Crippen LogP contribution in [-0.2, 0) is 6.42 Å². The number of pyridine rings is 1. The Kier molecular flexibility index (Phi) is 4.28. The van der Waals surface area contributed by atoms with Gasteiger partial charge in [0.05, 0.1) is 5.69 Å². The van der Waals surface area contributed by atoms with E-state index in [9.17, 15) is 0 Å². The summed E-state index contributed by atoms with van der Waals surface area (Å²) in [4.78, 5) is 4.38. The number of rotatable bonds is 5. The maximum absolute atomic E-state index is 6.01. The Labute approximate surface area is 121 Å². The van der Waals surface area contributed by atoms with E-state index in [1.807, 2.05) is 25.3 Å². The van der Waals surface area contributed by atoms with Crippen LogP contribution in [0.1, 0.15) is 31.4 Å². The summed E-state index contributed by atoms with van der Waals surface area (Å²) in [6.45, 7) is 6.35. The molecule has 3 N–H and O–H groups in total. The van der Waals surface area contributed by atoms with Crippen molar-refractivity contribution in [2.75, 3.05) is 11.1 Å². The van der Waals surface area contributed by atoms with E-state index in [0.717, 1.165) is 24.2 Å². The molecule has 0 aliphatic carbocycles. The maximum atomic E-state index is 6.01. The van der Waals surface area contributed by atoms with Gasteiger partial charge >= 0.3 is 0 Å². The molecule has 0 saturated heterocycles. The average Bonchev–Trinajstić information content (AvgIpc) is 2.41. The Morgan fingerprint density at radius 2 is 1.90 bits per heavy atom. The number of hydrogen-bond acceptors (Lipinski definition) is 3. The second-order valence-electron chi connectivity index (χ2n) is 5.94. The largest absolute Gasteiger partial charge is 0.396 e. The van der Waals surface area contributed by atoms with Crippen molar-refractivity contribution in [1.29, 1.82) is 0 Å². The van der Waals surface area contributed by atoms with Crippen molar-refractivity contribution < 1.29 is 0 Å². The lowest BCUT2D eigenvalue weighted by Crippen LogP contribution is -2.32. The molecule has 1 aromatic heterocycles. The number of nitrogen functional groups attached to an aromatic ring is 1. The molecule has 106 valence electrons. The van der Waals surface area contributed by atoms with Gasteiger partial charge < -0.3 is 11.1 Å². The highest BCUT2D eigenvalue weighted by Crippen LogP contribution is 2.23. The molecule has 0 aliphatic heterocycles. The Morgan fingerprint density at radius 1 is 1.20 bits per heavy atom. The summed E-state index contributed by atoms with van der Waals surface area (Å²) < 4.78 is 0. The molecular formula is C17H23N3. The molecule has 1 aromatic carbocycles. The minimum Gasteiger partial charge on any atom is -0.396 e. The first kappa shape index (κ1) is 14.4. The third kappa shape index (κ3) is 3.98. The predicted octanol–water partition coefficient (Wildman–Crippen LogP) is 3.80. The molecule has 20 heavy (non-hydrogen) atoms. The lowest BCUT2D eigenvalue weighted by molar-refractivity contribution is 0.517. The van der Waals surface area contributed by atoms with Gasteiger partial charge in [0, 0.05) is 11.7 Å². The van der Waals surface area contributed by atoms with Gasteiger partial charge in [0.15, 0.2) is 0 Å². The number of nitrogens with one attached hydrogen (secondary N) is 1. The standard InChI is InChI=1S/C17H23N3/c1-13-11-15(18)16(19-12-13)20-17(2,3)10-9-14-7-5-4-6-8-14/h4-8,11-12H,9-10,18H2,1-3H3,(H,19,20). The first-order valence-electron chi connectivity index (χ1n) is 7.00. The van der Waals surface area contributed by atoms with Gasteiger partial charge in [-0.1, -0.05) is 30.3 Å². The summed E-state index contributed by atoms with van der Waals surface area (Å²) >= 11 is 0. The number of nitrogens with zero attached hydrogens (tertiary/aromatic N) is 1. The zero-order valence-electron chi connectivity index (χ0n) is 12.5. The fourth-order valence-electron chi connectivity index (χ4n) is 2.18. The van der Waals surface area contributed by atoms with E-state index < -0.39 is 0 Å². The van der Waals surface area contributed by atoms with E-state index in [1.165, 1.54) is 5.56 Å². The van der Waals surface area contributed by atoms with Crippen LogP contribution >= 0.6 is 0 Å². The van der Waals surface area contributed by atoms with E-state index in [0.29, 0.717) is 5.69 Å². The molecule has 0 fully saturated rings. The third-order valence-corrected chi connectivity index (χ3v) is 3.39. The highest BCUT2D eigenvalue weighted by molar-refractivity contribution is 5.62. The van der Waals surface area contributed by atoms with Crippen molar-refractivity contribution in [2.45, 2.75) is 39.2 Å². The molecule has 0 saturated carbocycles. The predicted molar refractivity (Wildman–Crippen MR) is 85.9 cm³/mol. The van der Waals surface area contributed by atoms with Gasteiger partial charge in [0.25, 0.3) is 0 Å². The summed E-state index contributed by atoms with van der Waals surface area (Å²) in [6, 6.07) is 12.5. The van der Waals surface area contributed by atoms with Crippen molar-refractivity contribution in [3.8, 4) is 0 Å². The monoisotopic (exact) mass is 269 g/mol. The molecule has 1 heterocycles. The zero-order chi connectivity index (χ0) is 14.6. The van der Waals surface area contributed by atoms with Crippen LogP contribution < -0.4 is 11.1 Å². The molecule has 2 aromatic rings. The molecule has 0 unspecified atom stereocenters. The van der Waals surface area contributed by atoms with E-state index in [1.54, 1.807) is 0 Å². The van der Waals surface area contributed by atoms with Crippen LogP contribution in [0, 0.1) is 6.92 Å². The first-order valence-corrected chi connectivity index (χ1v) is 7.00. The molecule has 0 aliphatic rings. The Bertz CT molecular complexity index is 562. The second-order valence-corrected chi connectivity index (χ2v) is 5.94. The summed E-state index contributed by atoms with van der Waals surface area (Å²) in [5.74, 6) is 0.772. The van der Waals surface area contributed by atoms with Crippen LogP contribution in [-0.4, -0.2) is 10.5 Å². The number of aromatic nitrogens is 1. The van der Waals surface area contributed by atoms with Crippen LogP contribution in [0.4, 0.5) is 11.5 Å². The van der Waals surface area contributed by atoms with Gasteiger partial charge in [0.2, 0.25) is 0 Å². The van der Waals surface area contributed by atoms with E-state index >= 15 is 0 Å². The molecule has 3 nitrogen and oxygen atoms in total. The van der Waals surface area contributed by atoms with Crippen LogP contribution in [0.2, 0.25) is 0 Å². The minimum atomic E-state index is -0.0494. The highest BCUT2D eigenvalue weighted by atomic mass is 15.1. The van der Waals surface area contributed by atoms with Crippen LogP contribution in [0.5, 0.6) is 0 Å². The van der Waals surface area contributed by atoms with Crippen molar-refractivity contribution in [2.24, 2.45) is 0 Å². The molecular weight excluding hydrogens is 246 g/mol. The SMILES string of the molecule is Cc1cnc(NC(C)(C)CCc2ccccc2)c(N)c1. The maximum Gasteiger partial charge on any atom is 0.149 e. The number of anilines is 2. The van der Waals surface area contributed by atoms with E-state index in [4.69, 9.17) is 5.73 Å².